The number of hydrogen-bond donors (Lipinski definition) is 0. The van der Waals surface area contributed by atoms with Gasteiger partial charge in [-0.05, 0) is 18.8 Å². The van der Waals surface area contributed by atoms with Crippen molar-refractivity contribution in [3.05, 3.63) is 0 Å². The Morgan fingerprint density at radius 1 is 1.30 bits per heavy atom. The molecule has 0 amide bonds. The summed E-state index contributed by atoms with van der Waals surface area (Å²) in [5.41, 5.74) is 0. The maximum atomic E-state index is 5.45. The first-order chi connectivity index (χ1) is 4.88. The molecule has 0 aromatic heterocycles. The molecule has 2 heteroatoms. The third-order valence-corrected chi connectivity index (χ3v) is 2.57. The number of rotatable bonds is 0. The van der Waals surface area contributed by atoms with Crippen LogP contribution in [0.4, 0.5) is 0 Å². The molecule has 10 heavy (non-hydrogen) atoms. The fraction of sp³-hybridized carbons (Fsp3) is 1.00. The van der Waals surface area contributed by atoms with Gasteiger partial charge in [-0.3, -0.25) is 0 Å². The lowest BCUT2D eigenvalue weighted by molar-refractivity contribution is -0.151. The largest absolute Gasteiger partial charge is 0.352 e. The molecule has 2 fully saturated rings. The molecule has 2 nitrogen and oxygen atoms in total. The van der Waals surface area contributed by atoms with Gasteiger partial charge >= 0.3 is 0 Å². The molecule has 2 aliphatic heterocycles. The molecule has 0 aromatic carbocycles. The zero-order chi connectivity index (χ0) is 6.97. The standard InChI is InChI=1S/C8H14O2/c1-6-5-10-8-7(6)3-2-4-9-8/h6-8H,2-5H2,1H3/t6?,7-,8+/m0/s1. The molecule has 3 atom stereocenters. The SMILES string of the molecule is CC1CO[C@H]2OCCC[C@@H]12. The van der Waals surface area contributed by atoms with Crippen molar-refractivity contribution in [2.75, 3.05) is 13.2 Å². The summed E-state index contributed by atoms with van der Waals surface area (Å²) in [7, 11) is 0. The Morgan fingerprint density at radius 3 is 3.00 bits per heavy atom. The second-order valence-corrected chi connectivity index (χ2v) is 3.36. The van der Waals surface area contributed by atoms with Crippen molar-refractivity contribution in [2.24, 2.45) is 11.8 Å². The number of fused-ring (bicyclic) bond motifs is 1. The van der Waals surface area contributed by atoms with Crippen molar-refractivity contribution in [3.8, 4) is 0 Å². The highest BCUT2D eigenvalue weighted by atomic mass is 16.7. The number of hydrogen-bond acceptors (Lipinski definition) is 2. The zero-order valence-electron chi connectivity index (χ0n) is 6.38. The third kappa shape index (κ3) is 0.956. The van der Waals surface area contributed by atoms with Crippen LogP contribution < -0.4 is 0 Å². The van der Waals surface area contributed by atoms with Gasteiger partial charge in [-0.15, -0.1) is 0 Å². The highest BCUT2D eigenvalue weighted by Crippen LogP contribution is 2.34. The van der Waals surface area contributed by atoms with E-state index in [1.807, 2.05) is 0 Å². The van der Waals surface area contributed by atoms with E-state index in [1.54, 1.807) is 0 Å². The molecule has 0 N–H and O–H groups in total. The van der Waals surface area contributed by atoms with Gasteiger partial charge in [0.05, 0.1) is 6.61 Å². The summed E-state index contributed by atoms with van der Waals surface area (Å²) in [5, 5.41) is 0. The van der Waals surface area contributed by atoms with Gasteiger partial charge in [0.2, 0.25) is 0 Å². The van der Waals surface area contributed by atoms with Gasteiger partial charge < -0.3 is 9.47 Å². The Bertz CT molecular complexity index is 122. The lowest BCUT2D eigenvalue weighted by Gasteiger charge is -2.25. The first-order valence-electron chi connectivity index (χ1n) is 4.11. The van der Waals surface area contributed by atoms with E-state index in [-0.39, 0.29) is 6.29 Å². The maximum Gasteiger partial charge on any atom is 0.160 e. The maximum absolute atomic E-state index is 5.45. The molecule has 0 radical (unpaired) electrons. The zero-order valence-corrected chi connectivity index (χ0v) is 6.38. The molecule has 0 spiro atoms. The van der Waals surface area contributed by atoms with E-state index in [0.717, 1.165) is 13.2 Å². The lowest BCUT2D eigenvalue weighted by atomic mass is 9.91. The minimum absolute atomic E-state index is 0.142. The summed E-state index contributed by atoms with van der Waals surface area (Å²) in [6, 6.07) is 0. The van der Waals surface area contributed by atoms with Crippen LogP contribution in [0.1, 0.15) is 19.8 Å². The molecule has 2 saturated heterocycles. The molecule has 2 aliphatic rings. The molecule has 0 aliphatic carbocycles. The molecular formula is C8H14O2. The fourth-order valence-corrected chi connectivity index (χ4v) is 1.87. The van der Waals surface area contributed by atoms with E-state index in [4.69, 9.17) is 9.47 Å². The first-order valence-corrected chi connectivity index (χ1v) is 4.11. The van der Waals surface area contributed by atoms with Crippen LogP contribution in [0.3, 0.4) is 0 Å². The van der Waals surface area contributed by atoms with Gasteiger partial charge in [0, 0.05) is 12.5 Å². The third-order valence-electron chi connectivity index (χ3n) is 2.57. The average molecular weight is 142 g/mol. The predicted octanol–water partition coefficient (Wildman–Crippen LogP) is 1.41. The van der Waals surface area contributed by atoms with Crippen molar-refractivity contribution < 1.29 is 9.47 Å². The van der Waals surface area contributed by atoms with Crippen molar-refractivity contribution in [1.82, 2.24) is 0 Å². The van der Waals surface area contributed by atoms with Crippen molar-refractivity contribution in [1.29, 1.82) is 0 Å². The normalized spacial score (nSPS) is 47.1. The van der Waals surface area contributed by atoms with E-state index in [9.17, 15) is 0 Å². The Balaban J connectivity index is 2.01. The molecular weight excluding hydrogens is 128 g/mol. The van der Waals surface area contributed by atoms with Crippen LogP contribution in [-0.4, -0.2) is 19.5 Å². The molecule has 2 rings (SSSR count). The predicted molar refractivity (Wildman–Crippen MR) is 37.6 cm³/mol. The Morgan fingerprint density at radius 2 is 2.20 bits per heavy atom. The van der Waals surface area contributed by atoms with Crippen LogP contribution in [0.25, 0.3) is 0 Å². The van der Waals surface area contributed by atoms with Gasteiger partial charge in [0.15, 0.2) is 6.29 Å². The van der Waals surface area contributed by atoms with Crippen LogP contribution in [0, 0.1) is 11.8 Å². The van der Waals surface area contributed by atoms with E-state index in [0.29, 0.717) is 11.8 Å². The van der Waals surface area contributed by atoms with Crippen LogP contribution in [0.2, 0.25) is 0 Å². The Labute approximate surface area is 61.5 Å². The molecule has 1 unspecified atom stereocenters. The van der Waals surface area contributed by atoms with Crippen LogP contribution in [-0.2, 0) is 9.47 Å². The van der Waals surface area contributed by atoms with Crippen LogP contribution in [0.5, 0.6) is 0 Å². The summed E-state index contributed by atoms with van der Waals surface area (Å²) in [6.07, 6.45) is 2.66. The quantitative estimate of drug-likeness (QED) is 0.509. The van der Waals surface area contributed by atoms with Crippen molar-refractivity contribution >= 4 is 0 Å². The smallest absolute Gasteiger partial charge is 0.160 e. The Kier molecular flexibility index (Phi) is 1.66. The van der Waals surface area contributed by atoms with Crippen molar-refractivity contribution in [3.63, 3.8) is 0 Å². The highest BCUT2D eigenvalue weighted by molar-refractivity contribution is 4.78. The monoisotopic (exact) mass is 142 g/mol. The molecule has 0 bridgehead atoms. The average Bonchev–Trinajstić information content (AvgIpc) is 2.34. The van der Waals surface area contributed by atoms with E-state index in [1.165, 1.54) is 12.8 Å². The van der Waals surface area contributed by atoms with Gasteiger partial charge in [-0.25, -0.2) is 0 Å². The van der Waals surface area contributed by atoms with Crippen LogP contribution >= 0.6 is 0 Å². The summed E-state index contributed by atoms with van der Waals surface area (Å²) in [6.45, 7) is 4.04. The molecule has 0 saturated carbocycles. The number of ether oxygens (including phenoxy) is 2. The van der Waals surface area contributed by atoms with Gasteiger partial charge in [-0.2, -0.15) is 0 Å². The van der Waals surface area contributed by atoms with E-state index < -0.39 is 0 Å². The van der Waals surface area contributed by atoms with E-state index >= 15 is 0 Å². The molecule has 2 heterocycles. The second-order valence-electron chi connectivity index (χ2n) is 3.36. The van der Waals surface area contributed by atoms with Gasteiger partial charge in [-0.1, -0.05) is 6.92 Å². The summed E-state index contributed by atoms with van der Waals surface area (Å²) >= 11 is 0. The lowest BCUT2D eigenvalue weighted by Crippen LogP contribution is -2.27. The van der Waals surface area contributed by atoms with Crippen LogP contribution in [0.15, 0.2) is 0 Å². The topological polar surface area (TPSA) is 18.5 Å². The minimum atomic E-state index is 0.142. The van der Waals surface area contributed by atoms with Gasteiger partial charge in [0.25, 0.3) is 0 Å². The first kappa shape index (κ1) is 6.62. The highest BCUT2D eigenvalue weighted by Gasteiger charge is 2.36. The molecule has 58 valence electrons. The fourth-order valence-electron chi connectivity index (χ4n) is 1.87. The minimum Gasteiger partial charge on any atom is -0.352 e. The van der Waals surface area contributed by atoms with Crippen molar-refractivity contribution in [2.45, 2.75) is 26.1 Å². The molecule has 0 aromatic rings. The Hall–Kier alpha value is -0.0800. The van der Waals surface area contributed by atoms with E-state index in [2.05, 4.69) is 6.92 Å². The summed E-state index contributed by atoms with van der Waals surface area (Å²) < 4.78 is 10.9. The second kappa shape index (κ2) is 2.51. The van der Waals surface area contributed by atoms with Gasteiger partial charge in [0.1, 0.15) is 0 Å². The summed E-state index contributed by atoms with van der Waals surface area (Å²) in [5.74, 6) is 1.40. The summed E-state index contributed by atoms with van der Waals surface area (Å²) in [4.78, 5) is 0.